The van der Waals surface area contributed by atoms with E-state index < -0.39 is 18.0 Å². The van der Waals surface area contributed by atoms with E-state index in [4.69, 9.17) is 14.2 Å². The van der Waals surface area contributed by atoms with Crippen molar-refractivity contribution >= 4 is 33.6 Å². The number of phenols is 1. The highest BCUT2D eigenvalue weighted by molar-refractivity contribution is 7.16. The zero-order chi connectivity index (χ0) is 27.9. The minimum Gasteiger partial charge on any atom is -0.506 e. The quantitative estimate of drug-likeness (QED) is 0.314. The summed E-state index contributed by atoms with van der Waals surface area (Å²) in [4.78, 5) is 41.3. The summed E-state index contributed by atoms with van der Waals surface area (Å²) >= 11 is 1.03. The van der Waals surface area contributed by atoms with Crippen LogP contribution in [0.4, 0.5) is 4.79 Å². The summed E-state index contributed by atoms with van der Waals surface area (Å²) in [6.07, 6.45) is 0.0815. The number of hydrogen-bond donors (Lipinski definition) is 3. The van der Waals surface area contributed by atoms with Gasteiger partial charge in [-0.25, -0.2) is 4.79 Å². The predicted molar refractivity (Wildman–Crippen MR) is 146 cm³/mol. The Bertz CT molecular complexity index is 1290. The van der Waals surface area contributed by atoms with Crippen LogP contribution in [-0.4, -0.2) is 72.7 Å². The SMILES string of the molecule is COC(CNC(=O)c1ccc(CCN(CCc2ccc(O)c3[nH]c(=O)sc23)C(=O)OC(C)(C)C)cc1)OC. The number of methoxy groups -OCH3 is 2. The molecule has 3 N–H and O–H groups in total. The summed E-state index contributed by atoms with van der Waals surface area (Å²) in [5.74, 6) is -0.223. The van der Waals surface area contributed by atoms with E-state index in [1.807, 2.05) is 32.9 Å². The number of H-pyrrole nitrogens is 1. The number of benzene rings is 2. The molecule has 0 radical (unpaired) electrons. The van der Waals surface area contributed by atoms with Crippen LogP contribution in [0.15, 0.2) is 41.2 Å². The van der Waals surface area contributed by atoms with Gasteiger partial charge in [-0.05, 0) is 62.9 Å². The van der Waals surface area contributed by atoms with Gasteiger partial charge >= 0.3 is 11.0 Å². The molecule has 2 amide bonds. The van der Waals surface area contributed by atoms with Crippen molar-refractivity contribution in [2.75, 3.05) is 33.9 Å². The molecule has 2 aromatic carbocycles. The van der Waals surface area contributed by atoms with Crippen LogP contribution in [0, 0.1) is 0 Å². The highest BCUT2D eigenvalue weighted by Crippen LogP contribution is 2.28. The van der Waals surface area contributed by atoms with E-state index in [2.05, 4.69) is 10.3 Å². The Kier molecular flexibility index (Phi) is 9.90. The maximum atomic E-state index is 13.0. The molecule has 3 aromatic rings. The Morgan fingerprint density at radius 3 is 2.34 bits per heavy atom. The van der Waals surface area contributed by atoms with Gasteiger partial charge in [-0.1, -0.05) is 29.5 Å². The lowest BCUT2D eigenvalue weighted by atomic mass is 10.1. The van der Waals surface area contributed by atoms with E-state index in [-0.39, 0.29) is 23.1 Å². The van der Waals surface area contributed by atoms with E-state index >= 15 is 0 Å². The molecule has 0 atom stereocenters. The van der Waals surface area contributed by atoms with Crippen LogP contribution < -0.4 is 10.2 Å². The summed E-state index contributed by atoms with van der Waals surface area (Å²) < 4.78 is 16.5. The zero-order valence-electron chi connectivity index (χ0n) is 22.3. The Morgan fingerprint density at radius 1 is 1.05 bits per heavy atom. The van der Waals surface area contributed by atoms with Crippen LogP contribution in [0.3, 0.4) is 0 Å². The van der Waals surface area contributed by atoms with Crippen molar-refractivity contribution in [1.29, 1.82) is 0 Å². The standard InChI is InChI=1S/C27H35N3O7S/c1-27(2,3)37-26(34)30(15-13-18-10-11-20(31)22-23(18)38-25(33)29-22)14-12-17-6-8-19(9-7-17)24(32)28-16-21(35-4)36-5/h6-11,21,31H,12-16H2,1-5H3,(H,28,32)(H,29,33). The minimum atomic E-state index is -0.652. The molecule has 0 aliphatic carbocycles. The van der Waals surface area contributed by atoms with E-state index in [0.717, 1.165) is 22.5 Å². The molecule has 0 saturated heterocycles. The number of amides is 2. The molecule has 0 bridgehead atoms. The number of aromatic hydroxyl groups is 1. The van der Waals surface area contributed by atoms with E-state index in [1.54, 1.807) is 29.2 Å². The number of rotatable bonds is 11. The van der Waals surface area contributed by atoms with Gasteiger partial charge in [-0.3, -0.25) is 9.59 Å². The maximum Gasteiger partial charge on any atom is 0.410 e. The summed E-state index contributed by atoms with van der Waals surface area (Å²) in [7, 11) is 3.01. The molecule has 0 aliphatic heterocycles. The summed E-state index contributed by atoms with van der Waals surface area (Å²) in [5.41, 5.74) is 2.07. The monoisotopic (exact) mass is 545 g/mol. The zero-order valence-corrected chi connectivity index (χ0v) is 23.1. The third-order valence-electron chi connectivity index (χ3n) is 5.78. The van der Waals surface area contributed by atoms with Crippen molar-refractivity contribution in [2.45, 2.75) is 45.5 Å². The Hall–Kier alpha value is -3.41. The molecule has 1 aromatic heterocycles. The lowest BCUT2D eigenvalue weighted by Gasteiger charge is -2.27. The third kappa shape index (κ3) is 8.04. The topological polar surface area (TPSA) is 130 Å². The van der Waals surface area contributed by atoms with Crippen LogP contribution >= 0.6 is 11.3 Å². The first-order chi connectivity index (χ1) is 18.0. The molecule has 0 aliphatic rings. The fraction of sp³-hybridized carbons (Fsp3) is 0.444. The van der Waals surface area contributed by atoms with Gasteiger partial charge in [-0.2, -0.15) is 0 Å². The first-order valence-electron chi connectivity index (χ1n) is 12.2. The summed E-state index contributed by atoms with van der Waals surface area (Å²) in [5, 5.41) is 12.8. The number of aromatic amines is 1. The first kappa shape index (κ1) is 29.2. The van der Waals surface area contributed by atoms with E-state index in [1.165, 1.54) is 14.2 Å². The van der Waals surface area contributed by atoms with E-state index in [0.29, 0.717) is 41.7 Å². The molecule has 0 fully saturated rings. The first-order valence-corrected chi connectivity index (χ1v) is 13.1. The van der Waals surface area contributed by atoms with Gasteiger partial charge in [0.25, 0.3) is 5.91 Å². The number of carbonyl (C=O) groups is 2. The normalized spacial score (nSPS) is 11.6. The predicted octanol–water partition coefficient (Wildman–Crippen LogP) is 3.67. The number of nitrogens with zero attached hydrogens (tertiary/aromatic N) is 1. The van der Waals surface area contributed by atoms with Crippen molar-refractivity contribution in [2.24, 2.45) is 0 Å². The van der Waals surface area contributed by atoms with Crippen molar-refractivity contribution in [3.63, 3.8) is 0 Å². The van der Waals surface area contributed by atoms with Gasteiger partial charge in [0, 0.05) is 32.9 Å². The fourth-order valence-electron chi connectivity index (χ4n) is 3.77. The number of aromatic nitrogens is 1. The van der Waals surface area contributed by atoms with Gasteiger partial charge in [-0.15, -0.1) is 0 Å². The minimum absolute atomic E-state index is 0.0143. The number of hydrogen-bond acceptors (Lipinski definition) is 8. The third-order valence-corrected chi connectivity index (χ3v) is 6.74. The Labute approximate surface area is 225 Å². The van der Waals surface area contributed by atoms with Gasteiger partial charge in [0.15, 0.2) is 6.29 Å². The Morgan fingerprint density at radius 2 is 1.71 bits per heavy atom. The summed E-state index contributed by atoms with van der Waals surface area (Å²) in [6.45, 7) is 6.43. The number of nitrogens with one attached hydrogen (secondary N) is 2. The molecule has 10 nitrogen and oxygen atoms in total. The van der Waals surface area contributed by atoms with Crippen molar-refractivity contribution < 1.29 is 28.9 Å². The molecule has 3 rings (SSSR count). The number of thiazole rings is 1. The highest BCUT2D eigenvalue weighted by atomic mass is 32.1. The molecular formula is C27H35N3O7S. The van der Waals surface area contributed by atoms with Crippen LogP contribution in [-0.2, 0) is 27.1 Å². The van der Waals surface area contributed by atoms with Gasteiger partial charge in [0.1, 0.15) is 16.9 Å². The number of ether oxygens (including phenoxy) is 3. The molecule has 0 unspecified atom stereocenters. The second kappa shape index (κ2) is 12.9. The number of phenolic OH excluding ortho intramolecular Hbond substituents is 1. The number of fused-ring (bicyclic) bond motifs is 1. The molecule has 1 heterocycles. The fourth-order valence-corrected chi connectivity index (χ4v) is 4.67. The molecule has 206 valence electrons. The lowest BCUT2D eigenvalue weighted by Crippen LogP contribution is -2.39. The van der Waals surface area contributed by atoms with Crippen molar-refractivity contribution in [1.82, 2.24) is 15.2 Å². The average molecular weight is 546 g/mol. The average Bonchev–Trinajstić information content (AvgIpc) is 3.27. The van der Waals surface area contributed by atoms with E-state index in [9.17, 15) is 19.5 Å². The van der Waals surface area contributed by atoms with Crippen molar-refractivity contribution in [3.05, 3.63) is 62.8 Å². The van der Waals surface area contributed by atoms with Gasteiger partial charge in [0.05, 0.1) is 11.2 Å². The van der Waals surface area contributed by atoms with Crippen LogP contribution in [0.5, 0.6) is 5.75 Å². The molecule has 0 saturated carbocycles. The van der Waals surface area contributed by atoms with Gasteiger partial charge in [0.2, 0.25) is 0 Å². The molecule has 0 spiro atoms. The number of carbonyl (C=O) groups excluding carboxylic acids is 2. The molecular weight excluding hydrogens is 510 g/mol. The van der Waals surface area contributed by atoms with Crippen molar-refractivity contribution in [3.8, 4) is 5.75 Å². The molecule has 11 heteroatoms. The largest absolute Gasteiger partial charge is 0.506 e. The second-order valence-electron chi connectivity index (χ2n) is 9.74. The second-order valence-corrected chi connectivity index (χ2v) is 10.7. The summed E-state index contributed by atoms with van der Waals surface area (Å²) in [6, 6.07) is 10.5. The van der Waals surface area contributed by atoms with Crippen LogP contribution in [0.1, 0.15) is 42.3 Å². The maximum absolute atomic E-state index is 13.0. The van der Waals surface area contributed by atoms with Crippen LogP contribution in [0.25, 0.3) is 10.2 Å². The van der Waals surface area contributed by atoms with Crippen LogP contribution in [0.2, 0.25) is 0 Å². The lowest BCUT2D eigenvalue weighted by molar-refractivity contribution is -0.0974. The Balaban J connectivity index is 1.67. The van der Waals surface area contributed by atoms with Gasteiger partial charge < -0.3 is 34.5 Å². The molecule has 38 heavy (non-hydrogen) atoms. The highest BCUT2D eigenvalue weighted by Gasteiger charge is 2.22. The smallest absolute Gasteiger partial charge is 0.410 e.